The lowest BCUT2D eigenvalue weighted by molar-refractivity contribution is -0.134. The SMILES string of the molecule is N#CC1=C(c2ccc(Br)cc2)C(C(F)(F)F)N(c2ccc(Br)cc2)N1c1ccccc1. The summed E-state index contributed by atoms with van der Waals surface area (Å²) >= 11 is 6.64. The average molecular weight is 549 g/mol. The summed E-state index contributed by atoms with van der Waals surface area (Å²) in [6.07, 6.45) is -4.64. The maximum absolute atomic E-state index is 14.6. The number of halogens is 5. The fraction of sp³-hybridized carbons (Fsp3) is 0.0870. The number of nitrogens with zero attached hydrogens (tertiary/aromatic N) is 3. The van der Waals surface area contributed by atoms with E-state index in [1.54, 1.807) is 78.9 Å². The van der Waals surface area contributed by atoms with Gasteiger partial charge in [-0.25, -0.2) is 5.01 Å². The van der Waals surface area contributed by atoms with E-state index in [-0.39, 0.29) is 11.3 Å². The molecule has 0 bridgehead atoms. The van der Waals surface area contributed by atoms with Crippen LogP contribution in [-0.4, -0.2) is 12.2 Å². The highest BCUT2D eigenvalue weighted by Crippen LogP contribution is 2.47. The van der Waals surface area contributed by atoms with Crippen molar-refractivity contribution in [2.75, 3.05) is 10.0 Å². The Kier molecular flexibility index (Phi) is 5.82. The van der Waals surface area contributed by atoms with E-state index in [0.29, 0.717) is 16.9 Å². The van der Waals surface area contributed by atoms with Crippen molar-refractivity contribution < 1.29 is 13.2 Å². The standard InChI is InChI=1S/C23H14Br2F3N3/c24-16-8-6-15(7-9-16)21-20(14-29)30(18-4-2-1-3-5-18)31(22(21)23(26,27)28)19-12-10-17(25)11-13-19/h1-13,22H. The number of allylic oxidation sites excluding steroid dienone is 1. The Bertz CT molecular complexity index is 1150. The molecule has 3 aromatic carbocycles. The third-order valence-corrected chi connectivity index (χ3v) is 5.92. The number of hydrazine groups is 1. The fourth-order valence-electron chi connectivity index (χ4n) is 3.60. The first-order chi connectivity index (χ1) is 14.8. The summed E-state index contributed by atoms with van der Waals surface area (Å²) in [5.74, 6) is 0. The minimum atomic E-state index is -4.64. The van der Waals surface area contributed by atoms with E-state index in [9.17, 15) is 18.4 Å². The quantitative estimate of drug-likeness (QED) is 0.343. The highest BCUT2D eigenvalue weighted by atomic mass is 79.9. The molecule has 0 spiro atoms. The third kappa shape index (κ3) is 4.08. The van der Waals surface area contributed by atoms with Gasteiger partial charge < -0.3 is 0 Å². The molecule has 1 atom stereocenters. The number of anilines is 2. The van der Waals surface area contributed by atoms with Gasteiger partial charge in [0.1, 0.15) is 11.8 Å². The zero-order chi connectivity index (χ0) is 22.2. The van der Waals surface area contributed by atoms with E-state index in [2.05, 4.69) is 31.9 Å². The number of nitriles is 1. The summed E-state index contributed by atoms with van der Waals surface area (Å²) in [5.41, 5.74) is 0.952. The molecular formula is C23H14Br2F3N3. The van der Waals surface area contributed by atoms with Crippen LogP contribution in [0, 0.1) is 11.3 Å². The zero-order valence-corrected chi connectivity index (χ0v) is 19.0. The van der Waals surface area contributed by atoms with Crippen LogP contribution in [0.3, 0.4) is 0 Å². The molecule has 0 saturated heterocycles. The molecule has 0 fully saturated rings. The second kappa shape index (κ2) is 8.40. The summed E-state index contributed by atoms with van der Waals surface area (Å²) in [4.78, 5) is 0. The number of alkyl halides is 3. The third-order valence-electron chi connectivity index (χ3n) is 4.86. The molecule has 4 rings (SSSR count). The largest absolute Gasteiger partial charge is 0.415 e. The van der Waals surface area contributed by atoms with E-state index >= 15 is 0 Å². The molecule has 1 aliphatic heterocycles. The van der Waals surface area contributed by atoms with E-state index < -0.39 is 12.2 Å². The van der Waals surface area contributed by atoms with Gasteiger partial charge in [0.05, 0.1) is 11.4 Å². The van der Waals surface area contributed by atoms with Gasteiger partial charge in [-0.1, -0.05) is 62.2 Å². The molecule has 0 aliphatic carbocycles. The molecular weight excluding hydrogens is 535 g/mol. The molecule has 1 aliphatic rings. The molecule has 0 saturated carbocycles. The molecule has 0 amide bonds. The van der Waals surface area contributed by atoms with E-state index in [0.717, 1.165) is 14.0 Å². The summed E-state index contributed by atoms with van der Waals surface area (Å²) in [6.45, 7) is 0. The Balaban J connectivity index is 2.01. The van der Waals surface area contributed by atoms with Crippen LogP contribution in [0.5, 0.6) is 0 Å². The minimum Gasteiger partial charge on any atom is -0.263 e. The maximum Gasteiger partial charge on any atom is 0.415 e. The fourth-order valence-corrected chi connectivity index (χ4v) is 4.13. The van der Waals surface area contributed by atoms with Crippen molar-refractivity contribution in [2.45, 2.75) is 12.2 Å². The number of benzene rings is 3. The van der Waals surface area contributed by atoms with Crippen molar-refractivity contribution in [3.05, 3.63) is 99.1 Å². The zero-order valence-electron chi connectivity index (χ0n) is 15.8. The summed E-state index contributed by atoms with van der Waals surface area (Å²) in [5, 5.41) is 12.5. The van der Waals surface area contributed by atoms with Gasteiger partial charge in [-0.3, -0.25) is 5.01 Å². The number of para-hydroxylation sites is 1. The van der Waals surface area contributed by atoms with Crippen molar-refractivity contribution in [2.24, 2.45) is 0 Å². The normalized spacial score (nSPS) is 16.6. The number of hydrogen-bond donors (Lipinski definition) is 0. The molecule has 3 aromatic rings. The van der Waals surface area contributed by atoms with Crippen molar-refractivity contribution in [3.63, 3.8) is 0 Å². The molecule has 0 N–H and O–H groups in total. The topological polar surface area (TPSA) is 30.3 Å². The molecule has 3 nitrogen and oxygen atoms in total. The first kappa shape index (κ1) is 21.5. The van der Waals surface area contributed by atoms with Crippen molar-refractivity contribution in [3.8, 4) is 6.07 Å². The first-order valence-corrected chi connectivity index (χ1v) is 10.8. The van der Waals surface area contributed by atoms with Crippen LogP contribution in [0.1, 0.15) is 5.56 Å². The van der Waals surface area contributed by atoms with Crippen molar-refractivity contribution in [1.82, 2.24) is 0 Å². The summed E-state index contributed by atoms with van der Waals surface area (Å²) in [7, 11) is 0. The van der Waals surface area contributed by atoms with Gasteiger partial charge in [0, 0.05) is 14.5 Å². The summed E-state index contributed by atoms with van der Waals surface area (Å²) in [6, 6.07) is 21.6. The van der Waals surface area contributed by atoms with Gasteiger partial charge in [0.2, 0.25) is 0 Å². The van der Waals surface area contributed by atoms with Crippen LogP contribution >= 0.6 is 31.9 Å². The van der Waals surface area contributed by atoms with E-state index in [4.69, 9.17) is 0 Å². The number of rotatable bonds is 3. The van der Waals surface area contributed by atoms with Gasteiger partial charge in [-0.2, -0.15) is 18.4 Å². The second-order valence-corrected chi connectivity index (χ2v) is 8.62. The minimum absolute atomic E-state index is 0.0706. The van der Waals surface area contributed by atoms with Gasteiger partial charge in [0.15, 0.2) is 6.04 Å². The Morgan fingerprint density at radius 3 is 1.84 bits per heavy atom. The van der Waals surface area contributed by atoms with Crippen LogP contribution < -0.4 is 10.0 Å². The van der Waals surface area contributed by atoms with Crippen molar-refractivity contribution >= 4 is 48.8 Å². The molecule has 0 aromatic heterocycles. The molecule has 156 valence electrons. The van der Waals surface area contributed by atoms with Gasteiger partial charge >= 0.3 is 6.18 Å². The maximum atomic E-state index is 14.6. The Labute approximate surface area is 194 Å². The van der Waals surface area contributed by atoms with Gasteiger partial charge in [0.25, 0.3) is 0 Å². The molecule has 1 unspecified atom stereocenters. The lowest BCUT2D eigenvalue weighted by Crippen LogP contribution is -2.50. The van der Waals surface area contributed by atoms with Crippen LogP contribution in [0.2, 0.25) is 0 Å². The monoisotopic (exact) mass is 547 g/mol. The smallest absolute Gasteiger partial charge is 0.263 e. The lowest BCUT2D eigenvalue weighted by Gasteiger charge is -2.37. The van der Waals surface area contributed by atoms with Crippen LogP contribution in [0.4, 0.5) is 24.5 Å². The van der Waals surface area contributed by atoms with Crippen LogP contribution in [0.15, 0.2) is 93.5 Å². The van der Waals surface area contributed by atoms with Crippen molar-refractivity contribution in [1.29, 1.82) is 5.26 Å². The Morgan fingerprint density at radius 1 is 0.774 bits per heavy atom. The summed E-state index contributed by atoms with van der Waals surface area (Å²) < 4.78 is 45.2. The highest BCUT2D eigenvalue weighted by molar-refractivity contribution is 9.10. The Morgan fingerprint density at radius 2 is 1.32 bits per heavy atom. The first-order valence-electron chi connectivity index (χ1n) is 9.18. The predicted molar refractivity (Wildman–Crippen MR) is 122 cm³/mol. The van der Waals surface area contributed by atoms with E-state index in [1.807, 2.05) is 6.07 Å². The lowest BCUT2D eigenvalue weighted by atomic mass is 9.97. The molecule has 31 heavy (non-hydrogen) atoms. The molecule has 8 heteroatoms. The highest BCUT2D eigenvalue weighted by Gasteiger charge is 2.54. The van der Waals surface area contributed by atoms with E-state index in [1.165, 1.54) is 5.01 Å². The van der Waals surface area contributed by atoms with Gasteiger partial charge in [-0.15, -0.1) is 0 Å². The Hall–Kier alpha value is -2.76. The van der Waals surface area contributed by atoms with Gasteiger partial charge in [-0.05, 0) is 54.1 Å². The average Bonchev–Trinajstić information content (AvgIpc) is 3.11. The second-order valence-electron chi connectivity index (χ2n) is 6.79. The van der Waals surface area contributed by atoms with Crippen LogP contribution in [-0.2, 0) is 0 Å². The van der Waals surface area contributed by atoms with Crippen LogP contribution in [0.25, 0.3) is 5.57 Å². The predicted octanol–water partition coefficient (Wildman–Crippen LogP) is 7.32. The molecule has 1 heterocycles. The molecule has 0 radical (unpaired) electrons. The number of hydrogen-bond acceptors (Lipinski definition) is 3.